The minimum absolute atomic E-state index is 0.0524. The first-order chi connectivity index (χ1) is 11.6. The van der Waals surface area contributed by atoms with Gasteiger partial charge in [-0.15, -0.1) is 11.3 Å². The van der Waals surface area contributed by atoms with Crippen LogP contribution in [0.2, 0.25) is 0 Å². The Morgan fingerprint density at radius 2 is 2.17 bits per heavy atom. The highest BCUT2D eigenvalue weighted by Gasteiger charge is 2.28. The zero-order valence-corrected chi connectivity index (χ0v) is 14.0. The number of carbonyl (C=O) groups excluding carboxylic acids is 1. The van der Waals surface area contributed by atoms with Crippen molar-refractivity contribution in [2.24, 2.45) is 0 Å². The predicted molar refractivity (Wildman–Crippen MR) is 90.8 cm³/mol. The van der Waals surface area contributed by atoms with Crippen molar-refractivity contribution in [1.29, 1.82) is 0 Å². The molecule has 128 valence electrons. The number of carbonyl (C=O) groups is 1. The van der Waals surface area contributed by atoms with Crippen LogP contribution in [0.5, 0.6) is 0 Å². The minimum Gasteiger partial charge on any atom is -0.387 e. The van der Waals surface area contributed by atoms with Gasteiger partial charge in [-0.1, -0.05) is 18.2 Å². The molecule has 2 unspecified atom stereocenters. The minimum atomic E-state index is -0.719. The molecule has 2 heterocycles. The fraction of sp³-hybridized carbons (Fsp3) is 0.389. The topological polar surface area (TPSA) is 49.8 Å². The summed E-state index contributed by atoms with van der Waals surface area (Å²) >= 11 is 1.44. The Kier molecular flexibility index (Phi) is 5.73. The monoisotopic (exact) mass is 349 g/mol. The fourth-order valence-corrected chi connectivity index (χ4v) is 3.56. The van der Waals surface area contributed by atoms with Gasteiger partial charge < -0.3 is 9.84 Å². The maximum Gasteiger partial charge on any atom is 0.174 e. The molecule has 2 atom stereocenters. The maximum absolute atomic E-state index is 13.0. The molecule has 0 bridgehead atoms. The highest BCUT2D eigenvalue weighted by Crippen LogP contribution is 2.21. The lowest BCUT2D eigenvalue weighted by Gasteiger charge is -2.36. The van der Waals surface area contributed by atoms with Crippen molar-refractivity contribution in [3.63, 3.8) is 0 Å². The number of aliphatic hydroxyl groups excluding tert-OH is 1. The number of ketones is 1. The van der Waals surface area contributed by atoms with Crippen molar-refractivity contribution in [3.8, 4) is 0 Å². The number of β-amino-alcohol motifs (C(OH)–C–C–N with tert-alkyl or cyclic N) is 1. The Labute approximate surface area is 144 Å². The SMILES string of the molecule is O=C(CC1COCCN1CC(O)c1ccc(F)cc1)c1cccs1. The van der Waals surface area contributed by atoms with Gasteiger partial charge >= 0.3 is 0 Å². The average Bonchev–Trinajstić information content (AvgIpc) is 3.12. The van der Waals surface area contributed by atoms with Crippen LogP contribution in [0.4, 0.5) is 4.39 Å². The summed E-state index contributed by atoms with van der Waals surface area (Å²) in [6, 6.07) is 9.51. The van der Waals surface area contributed by atoms with Crippen LogP contribution in [0.25, 0.3) is 0 Å². The summed E-state index contributed by atoms with van der Waals surface area (Å²) in [7, 11) is 0. The molecule has 3 rings (SSSR count). The number of rotatable bonds is 6. The molecule has 1 aromatic heterocycles. The Morgan fingerprint density at radius 1 is 1.38 bits per heavy atom. The lowest BCUT2D eigenvalue weighted by atomic mass is 10.0. The van der Waals surface area contributed by atoms with Gasteiger partial charge in [0.05, 0.1) is 24.2 Å². The van der Waals surface area contributed by atoms with E-state index in [2.05, 4.69) is 4.90 Å². The van der Waals surface area contributed by atoms with E-state index in [0.717, 1.165) is 4.88 Å². The summed E-state index contributed by atoms with van der Waals surface area (Å²) in [5.41, 5.74) is 0.672. The van der Waals surface area contributed by atoms with Gasteiger partial charge in [-0.2, -0.15) is 0 Å². The van der Waals surface area contributed by atoms with E-state index in [0.29, 0.717) is 38.3 Å². The quantitative estimate of drug-likeness (QED) is 0.815. The van der Waals surface area contributed by atoms with Crippen molar-refractivity contribution in [2.45, 2.75) is 18.6 Å². The third-order valence-electron chi connectivity index (χ3n) is 4.23. The summed E-state index contributed by atoms with van der Waals surface area (Å²) in [5.74, 6) is -0.224. The van der Waals surface area contributed by atoms with E-state index < -0.39 is 6.10 Å². The van der Waals surface area contributed by atoms with Crippen molar-refractivity contribution in [2.75, 3.05) is 26.3 Å². The van der Waals surface area contributed by atoms with Gasteiger partial charge in [-0.25, -0.2) is 4.39 Å². The Bertz CT molecular complexity index is 659. The molecule has 0 radical (unpaired) electrons. The number of halogens is 1. The molecule has 0 amide bonds. The standard InChI is InChI=1S/C18H20FNO3S/c19-14-5-3-13(4-6-14)17(22)11-20-7-8-23-12-15(20)10-16(21)18-2-1-9-24-18/h1-6,9,15,17,22H,7-8,10-12H2. The molecule has 4 nitrogen and oxygen atoms in total. The number of thiophene rings is 1. The third-order valence-corrected chi connectivity index (χ3v) is 5.14. The number of Topliss-reactive ketones (excluding diaryl/α,β-unsaturated/α-hetero) is 1. The van der Waals surface area contributed by atoms with Crippen LogP contribution < -0.4 is 0 Å². The van der Waals surface area contributed by atoms with Gasteiger partial charge in [0.2, 0.25) is 0 Å². The van der Waals surface area contributed by atoms with E-state index in [1.54, 1.807) is 12.1 Å². The summed E-state index contributed by atoms with van der Waals surface area (Å²) < 4.78 is 18.5. The lowest BCUT2D eigenvalue weighted by molar-refractivity contribution is -0.0272. The van der Waals surface area contributed by atoms with E-state index in [-0.39, 0.29) is 17.6 Å². The number of morpholine rings is 1. The number of nitrogens with zero attached hydrogens (tertiary/aromatic N) is 1. The van der Waals surface area contributed by atoms with Crippen molar-refractivity contribution in [3.05, 3.63) is 58.0 Å². The van der Waals surface area contributed by atoms with Crippen molar-refractivity contribution in [1.82, 2.24) is 4.90 Å². The summed E-state index contributed by atoms with van der Waals surface area (Å²) in [6.07, 6.45) is -0.348. The lowest BCUT2D eigenvalue weighted by Crippen LogP contribution is -2.48. The highest BCUT2D eigenvalue weighted by atomic mass is 32.1. The summed E-state index contributed by atoms with van der Waals surface area (Å²) in [5, 5.41) is 12.3. The number of benzene rings is 1. The van der Waals surface area contributed by atoms with Gasteiger partial charge in [-0.3, -0.25) is 9.69 Å². The number of hydrogen-bond donors (Lipinski definition) is 1. The number of hydrogen-bond acceptors (Lipinski definition) is 5. The molecule has 24 heavy (non-hydrogen) atoms. The molecular formula is C18H20FNO3S. The average molecular weight is 349 g/mol. The second kappa shape index (κ2) is 7.98. The van der Waals surface area contributed by atoms with E-state index >= 15 is 0 Å². The molecule has 6 heteroatoms. The predicted octanol–water partition coefficient (Wildman–Crippen LogP) is 2.89. The van der Waals surface area contributed by atoms with Gasteiger partial charge in [0.25, 0.3) is 0 Å². The van der Waals surface area contributed by atoms with Gasteiger partial charge in [0.15, 0.2) is 5.78 Å². The summed E-state index contributed by atoms with van der Waals surface area (Å²) in [4.78, 5) is 15.2. The first-order valence-electron chi connectivity index (χ1n) is 7.95. The van der Waals surface area contributed by atoms with E-state index in [9.17, 15) is 14.3 Å². The molecule has 1 aromatic carbocycles. The second-order valence-corrected chi connectivity index (χ2v) is 6.84. The Balaban J connectivity index is 1.63. The van der Waals surface area contributed by atoms with E-state index in [4.69, 9.17) is 4.74 Å². The molecule has 1 saturated heterocycles. The van der Waals surface area contributed by atoms with E-state index in [1.807, 2.05) is 17.5 Å². The van der Waals surface area contributed by atoms with E-state index in [1.165, 1.54) is 23.5 Å². The molecule has 0 spiro atoms. The zero-order chi connectivity index (χ0) is 16.9. The molecule has 1 N–H and O–H groups in total. The van der Waals surface area contributed by atoms with Crippen molar-refractivity contribution < 1.29 is 19.0 Å². The largest absolute Gasteiger partial charge is 0.387 e. The Hall–Kier alpha value is -1.60. The Morgan fingerprint density at radius 3 is 2.88 bits per heavy atom. The third kappa shape index (κ3) is 4.27. The van der Waals surface area contributed by atoms with Gasteiger partial charge in [-0.05, 0) is 29.1 Å². The molecule has 1 aliphatic rings. The molecule has 2 aromatic rings. The zero-order valence-electron chi connectivity index (χ0n) is 13.2. The smallest absolute Gasteiger partial charge is 0.174 e. The fourth-order valence-electron chi connectivity index (χ4n) is 2.88. The van der Waals surface area contributed by atoms with Crippen LogP contribution >= 0.6 is 11.3 Å². The van der Waals surface area contributed by atoms with Crippen molar-refractivity contribution >= 4 is 17.1 Å². The van der Waals surface area contributed by atoms with Gasteiger partial charge in [0.1, 0.15) is 5.82 Å². The highest BCUT2D eigenvalue weighted by molar-refractivity contribution is 7.12. The first-order valence-corrected chi connectivity index (χ1v) is 8.83. The van der Waals surface area contributed by atoms with Gasteiger partial charge in [0, 0.05) is 25.6 Å². The molecule has 0 aliphatic carbocycles. The molecular weight excluding hydrogens is 329 g/mol. The first kappa shape index (κ1) is 17.2. The van der Waals surface area contributed by atoms with Crippen LogP contribution in [0, 0.1) is 5.82 Å². The van der Waals surface area contributed by atoms with Crippen LogP contribution in [-0.2, 0) is 4.74 Å². The summed E-state index contributed by atoms with van der Waals surface area (Å²) in [6.45, 7) is 2.13. The number of ether oxygens (including phenoxy) is 1. The number of aliphatic hydroxyl groups is 1. The molecule has 1 fully saturated rings. The van der Waals surface area contributed by atoms with Crippen LogP contribution in [-0.4, -0.2) is 48.1 Å². The van der Waals surface area contributed by atoms with Crippen LogP contribution in [0.3, 0.4) is 0 Å². The van der Waals surface area contributed by atoms with Crippen LogP contribution in [0.1, 0.15) is 27.8 Å². The second-order valence-electron chi connectivity index (χ2n) is 5.90. The normalized spacial score (nSPS) is 20.0. The van der Waals surface area contributed by atoms with Crippen LogP contribution in [0.15, 0.2) is 41.8 Å². The molecule has 0 saturated carbocycles. The maximum atomic E-state index is 13.0. The molecule has 1 aliphatic heterocycles.